The van der Waals surface area contributed by atoms with Crippen LogP contribution >= 0.6 is 0 Å². The maximum Gasteiger partial charge on any atom is 0.340 e. The van der Waals surface area contributed by atoms with Crippen molar-refractivity contribution in [2.75, 3.05) is 11.1 Å². The number of benzene rings is 2. The van der Waals surface area contributed by atoms with Crippen LogP contribution in [0.15, 0.2) is 53.4 Å². The summed E-state index contributed by atoms with van der Waals surface area (Å²) in [7, 11) is -1.31. The monoisotopic (exact) mass is 370 g/mol. The lowest BCUT2D eigenvalue weighted by Crippen LogP contribution is -2.30. The van der Waals surface area contributed by atoms with E-state index in [-0.39, 0.29) is 5.56 Å². The van der Waals surface area contributed by atoms with E-state index in [1.54, 1.807) is 49.4 Å². The van der Waals surface area contributed by atoms with Gasteiger partial charge in [0.1, 0.15) is 0 Å². The maximum atomic E-state index is 12.4. The highest BCUT2D eigenvalue weighted by molar-refractivity contribution is 7.85. The van der Waals surface area contributed by atoms with Gasteiger partial charge in [-0.15, -0.1) is 0 Å². The number of rotatable bonds is 6. The summed E-state index contributed by atoms with van der Waals surface area (Å²) in [5, 5.41) is 11.4. The van der Waals surface area contributed by atoms with E-state index in [9.17, 15) is 13.8 Å². The Balaban J connectivity index is 2.05. The highest BCUT2D eigenvalue weighted by Crippen LogP contribution is 2.16. The van der Waals surface area contributed by atoms with E-state index in [0.717, 1.165) is 0 Å². The summed E-state index contributed by atoms with van der Waals surface area (Å²) in [5.41, 5.74) is 1.15. The molecular formula is C19H18N2O4S. The normalized spacial score (nSPS) is 12.5. The van der Waals surface area contributed by atoms with Crippen LogP contribution in [0.25, 0.3) is 0 Å². The molecule has 1 N–H and O–H groups in total. The predicted molar refractivity (Wildman–Crippen MR) is 98.1 cm³/mol. The van der Waals surface area contributed by atoms with Crippen molar-refractivity contribution in [2.24, 2.45) is 0 Å². The molecular weight excluding hydrogens is 352 g/mol. The topological polar surface area (TPSA) is 96.3 Å². The number of nitrogens with zero attached hydrogens (tertiary/aromatic N) is 1. The molecule has 0 aliphatic rings. The third-order valence-electron chi connectivity index (χ3n) is 3.55. The number of carbonyl (C=O) groups excluding carboxylic acids is 2. The molecule has 0 aromatic heterocycles. The van der Waals surface area contributed by atoms with Gasteiger partial charge in [0.05, 0.1) is 32.9 Å². The highest BCUT2D eigenvalue weighted by Gasteiger charge is 2.22. The SMILES string of the molecule is CC[S@](=O)c1ccccc1C(=O)O[C@@H](C)C(=O)Nc1ccc(C#N)cc1. The molecule has 0 fully saturated rings. The van der Waals surface area contributed by atoms with Crippen molar-refractivity contribution >= 4 is 28.4 Å². The molecule has 0 saturated carbocycles. The summed E-state index contributed by atoms with van der Waals surface area (Å²) < 4.78 is 17.3. The van der Waals surface area contributed by atoms with E-state index in [1.165, 1.54) is 13.0 Å². The average molecular weight is 370 g/mol. The summed E-state index contributed by atoms with van der Waals surface area (Å²) in [6.07, 6.45) is -1.04. The smallest absolute Gasteiger partial charge is 0.340 e. The van der Waals surface area contributed by atoms with E-state index in [4.69, 9.17) is 10.00 Å². The molecule has 26 heavy (non-hydrogen) atoms. The third-order valence-corrected chi connectivity index (χ3v) is 4.92. The first-order valence-corrected chi connectivity index (χ1v) is 9.27. The lowest BCUT2D eigenvalue weighted by Gasteiger charge is -2.15. The van der Waals surface area contributed by atoms with Gasteiger partial charge in [-0.2, -0.15) is 5.26 Å². The molecule has 2 atom stereocenters. The van der Waals surface area contributed by atoms with Crippen molar-refractivity contribution in [3.05, 3.63) is 59.7 Å². The Morgan fingerprint density at radius 1 is 1.19 bits per heavy atom. The zero-order chi connectivity index (χ0) is 19.1. The molecule has 0 spiro atoms. The van der Waals surface area contributed by atoms with E-state index in [1.807, 2.05) is 6.07 Å². The van der Waals surface area contributed by atoms with Crippen molar-refractivity contribution in [3.8, 4) is 6.07 Å². The molecule has 0 aliphatic carbocycles. The molecule has 0 bridgehead atoms. The maximum absolute atomic E-state index is 12.4. The van der Waals surface area contributed by atoms with E-state index >= 15 is 0 Å². The molecule has 7 heteroatoms. The lowest BCUT2D eigenvalue weighted by molar-refractivity contribution is -0.123. The standard InChI is InChI=1S/C19H18N2O4S/c1-3-26(24)17-7-5-4-6-16(17)19(23)25-13(2)18(22)21-15-10-8-14(12-20)9-11-15/h4-11,13H,3H2,1-2H3,(H,21,22)/t13-,26-/m0/s1. The first kappa shape index (κ1) is 19.3. The van der Waals surface area contributed by atoms with Crippen LogP contribution in [0.3, 0.4) is 0 Å². The zero-order valence-corrected chi connectivity index (χ0v) is 15.2. The van der Waals surface area contributed by atoms with Gasteiger partial charge in [0.15, 0.2) is 6.10 Å². The van der Waals surface area contributed by atoms with Crippen molar-refractivity contribution in [1.82, 2.24) is 0 Å². The van der Waals surface area contributed by atoms with Crippen LogP contribution in [0, 0.1) is 11.3 Å². The summed E-state index contributed by atoms with van der Waals surface area (Å²) in [4.78, 5) is 24.9. The number of esters is 1. The Labute approximate surface area is 154 Å². The van der Waals surface area contributed by atoms with Gasteiger partial charge in [-0.05, 0) is 43.3 Å². The average Bonchev–Trinajstić information content (AvgIpc) is 2.67. The molecule has 1 amide bonds. The van der Waals surface area contributed by atoms with Crippen molar-refractivity contribution in [1.29, 1.82) is 5.26 Å². The molecule has 0 radical (unpaired) electrons. The van der Waals surface area contributed by atoms with Crippen molar-refractivity contribution in [3.63, 3.8) is 0 Å². The molecule has 6 nitrogen and oxygen atoms in total. The predicted octanol–water partition coefficient (Wildman–Crippen LogP) is 2.87. The molecule has 0 unspecified atom stereocenters. The van der Waals surface area contributed by atoms with Gasteiger partial charge >= 0.3 is 5.97 Å². The number of anilines is 1. The lowest BCUT2D eigenvalue weighted by atomic mass is 10.2. The fraction of sp³-hybridized carbons (Fsp3) is 0.211. The largest absolute Gasteiger partial charge is 0.449 e. The highest BCUT2D eigenvalue weighted by atomic mass is 32.2. The zero-order valence-electron chi connectivity index (χ0n) is 14.4. The van der Waals surface area contributed by atoms with Crippen LogP contribution < -0.4 is 5.32 Å². The van der Waals surface area contributed by atoms with E-state index < -0.39 is 28.8 Å². The second kappa shape index (κ2) is 8.92. The van der Waals surface area contributed by atoms with Crippen LogP contribution in [0.1, 0.15) is 29.8 Å². The Morgan fingerprint density at radius 2 is 1.85 bits per heavy atom. The molecule has 134 valence electrons. The molecule has 0 aliphatic heterocycles. The quantitative estimate of drug-likeness (QED) is 0.789. The van der Waals surface area contributed by atoms with Crippen LogP contribution in [0.4, 0.5) is 5.69 Å². The minimum Gasteiger partial charge on any atom is -0.449 e. The first-order valence-electron chi connectivity index (χ1n) is 7.95. The number of nitrogens with one attached hydrogen (secondary N) is 1. The van der Waals surface area contributed by atoms with Crippen molar-refractivity contribution < 1.29 is 18.5 Å². The molecule has 0 heterocycles. The number of amides is 1. The van der Waals surface area contributed by atoms with Gasteiger partial charge in [0, 0.05) is 11.4 Å². The first-order chi connectivity index (χ1) is 12.5. The van der Waals surface area contributed by atoms with Gasteiger partial charge < -0.3 is 10.1 Å². The summed E-state index contributed by atoms with van der Waals surface area (Å²) in [6.45, 7) is 3.21. The Bertz CT molecular complexity index is 872. The van der Waals surface area contributed by atoms with E-state index in [0.29, 0.717) is 21.9 Å². The van der Waals surface area contributed by atoms with E-state index in [2.05, 4.69) is 5.32 Å². The summed E-state index contributed by atoms with van der Waals surface area (Å²) in [5.74, 6) is -0.832. The van der Waals surface area contributed by atoms with Gasteiger partial charge in [-0.3, -0.25) is 9.00 Å². The van der Waals surface area contributed by atoms with Crippen LogP contribution in [0.2, 0.25) is 0 Å². The van der Waals surface area contributed by atoms with Gasteiger partial charge in [0.25, 0.3) is 5.91 Å². The number of hydrogen-bond acceptors (Lipinski definition) is 5. The van der Waals surface area contributed by atoms with Crippen LogP contribution in [-0.2, 0) is 20.3 Å². The third kappa shape index (κ3) is 4.77. The van der Waals surface area contributed by atoms with Crippen LogP contribution in [0.5, 0.6) is 0 Å². The molecule has 2 aromatic rings. The minimum atomic E-state index is -1.31. The second-order valence-corrected chi connectivity index (χ2v) is 7.06. The van der Waals surface area contributed by atoms with Crippen molar-refractivity contribution in [2.45, 2.75) is 24.8 Å². The van der Waals surface area contributed by atoms with Gasteiger partial charge in [-0.1, -0.05) is 19.1 Å². The summed E-state index contributed by atoms with van der Waals surface area (Å²) in [6, 6.07) is 14.8. The van der Waals surface area contributed by atoms with Gasteiger partial charge in [-0.25, -0.2) is 4.79 Å². The fourth-order valence-corrected chi connectivity index (χ4v) is 3.08. The Kier molecular flexibility index (Phi) is 6.64. The minimum absolute atomic E-state index is 0.186. The number of nitriles is 1. The fourth-order valence-electron chi connectivity index (χ4n) is 2.14. The Hall–Kier alpha value is -2.98. The molecule has 0 saturated heterocycles. The second-order valence-electron chi connectivity index (χ2n) is 5.36. The summed E-state index contributed by atoms with van der Waals surface area (Å²) >= 11 is 0. The van der Waals surface area contributed by atoms with Crippen LogP contribution in [-0.4, -0.2) is 27.9 Å². The number of ether oxygens (including phenoxy) is 1. The number of carbonyl (C=O) groups is 2. The molecule has 2 aromatic carbocycles. The Morgan fingerprint density at radius 3 is 2.46 bits per heavy atom. The van der Waals surface area contributed by atoms with Gasteiger partial charge in [0.2, 0.25) is 0 Å². The number of hydrogen-bond donors (Lipinski definition) is 1. The molecule has 2 rings (SSSR count).